The molecular weight excluding hydrogens is 243 g/mol. The number of hydrogen-bond donors (Lipinski definition) is 2. The van der Waals surface area contributed by atoms with Crippen molar-refractivity contribution in [1.29, 1.82) is 0 Å². The Kier molecular flexibility index (Phi) is 4.62. The monoisotopic (exact) mass is 260 g/mol. The second-order valence-electron chi connectivity index (χ2n) is 4.84. The summed E-state index contributed by atoms with van der Waals surface area (Å²) < 4.78 is 0. The molecular formula is C12H18Cl2N2. The van der Waals surface area contributed by atoms with E-state index in [0.29, 0.717) is 16.6 Å². The standard InChI is InChI=1S/C12H18Cl2N2/c1-12(2,7-15)6-11(16)9-4-3-8(13)5-10(9)14/h3-5,11H,6-7,15-16H2,1-2H3. The highest BCUT2D eigenvalue weighted by molar-refractivity contribution is 6.35. The molecule has 0 bridgehead atoms. The van der Waals surface area contributed by atoms with Crippen molar-refractivity contribution in [1.82, 2.24) is 0 Å². The zero-order valence-electron chi connectivity index (χ0n) is 9.63. The van der Waals surface area contributed by atoms with Gasteiger partial charge in [-0.15, -0.1) is 0 Å². The first-order chi connectivity index (χ1) is 7.35. The van der Waals surface area contributed by atoms with Gasteiger partial charge in [-0.05, 0) is 36.1 Å². The summed E-state index contributed by atoms with van der Waals surface area (Å²) in [6.45, 7) is 4.79. The fourth-order valence-electron chi connectivity index (χ4n) is 1.59. The predicted molar refractivity (Wildman–Crippen MR) is 70.8 cm³/mol. The molecule has 0 amide bonds. The van der Waals surface area contributed by atoms with E-state index in [1.165, 1.54) is 0 Å². The van der Waals surface area contributed by atoms with Crippen LogP contribution >= 0.6 is 23.2 Å². The zero-order chi connectivity index (χ0) is 12.3. The predicted octanol–water partition coefficient (Wildman–Crippen LogP) is 3.37. The molecule has 0 aliphatic heterocycles. The molecule has 0 fully saturated rings. The van der Waals surface area contributed by atoms with Crippen molar-refractivity contribution in [3.63, 3.8) is 0 Å². The minimum atomic E-state index is -0.108. The first kappa shape index (κ1) is 13.8. The molecule has 0 spiro atoms. The van der Waals surface area contributed by atoms with E-state index in [9.17, 15) is 0 Å². The zero-order valence-corrected chi connectivity index (χ0v) is 11.1. The highest BCUT2D eigenvalue weighted by atomic mass is 35.5. The van der Waals surface area contributed by atoms with Gasteiger partial charge in [0.05, 0.1) is 0 Å². The third kappa shape index (κ3) is 3.63. The summed E-state index contributed by atoms with van der Waals surface area (Å²) in [5, 5.41) is 1.24. The van der Waals surface area contributed by atoms with Gasteiger partial charge in [-0.2, -0.15) is 0 Å². The largest absolute Gasteiger partial charge is 0.330 e. The second-order valence-corrected chi connectivity index (χ2v) is 5.69. The Hall–Kier alpha value is -0.280. The van der Waals surface area contributed by atoms with E-state index >= 15 is 0 Å². The van der Waals surface area contributed by atoms with Crippen LogP contribution in [0.15, 0.2) is 18.2 Å². The molecule has 1 aromatic carbocycles. The van der Waals surface area contributed by atoms with Crippen LogP contribution < -0.4 is 11.5 Å². The molecule has 0 heterocycles. The van der Waals surface area contributed by atoms with Gasteiger partial charge in [-0.25, -0.2) is 0 Å². The molecule has 90 valence electrons. The topological polar surface area (TPSA) is 52.0 Å². The van der Waals surface area contributed by atoms with Gasteiger partial charge in [0.15, 0.2) is 0 Å². The Morgan fingerprint density at radius 1 is 1.31 bits per heavy atom. The minimum absolute atomic E-state index is 0.0163. The number of benzene rings is 1. The maximum atomic E-state index is 6.12. The van der Waals surface area contributed by atoms with Gasteiger partial charge in [-0.1, -0.05) is 43.1 Å². The summed E-state index contributed by atoms with van der Waals surface area (Å²) in [5.41, 5.74) is 12.7. The molecule has 2 nitrogen and oxygen atoms in total. The summed E-state index contributed by atoms with van der Waals surface area (Å²) in [4.78, 5) is 0. The Bertz CT molecular complexity index is 364. The van der Waals surface area contributed by atoms with E-state index in [1.807, 2.05) is 6.07 Å². The van der Waals surface area contributed by atoms with E-state index in [2.05, 4.69) is 13.8 Å². The summed E-state index contributed by atoms with van der Waals surface area (Å²) in [6, 6.07) is 5.29. The lowest BCUT2D eigenvalue weighted by molar-refractivity contribution is 0.317. The average molecular weight is 261 g/mol. The summed E-state index contributed by atoms with van der Waals surface area (Å²) in [7, 11) is 0. The lowest BCUT2D eigenvalue weighted by atomic mass is 9.84. The molecule has 0 aliphatic carbocycles. The van der Waals surface area contributed by atoms with Gasteiger partial charge in [0.25, 0.3) is 0 Å². The van der Waals surface area contributed by atoms with E-state index in [4.69, 9.17) is 34.7 Å². The number of hydrogen-bond acceptors (Lipinski definition) is 2. The molecule has 0 saturated carbocycles. The van der Waals surface area contributed by atoms with E-state index in [-0.39, 0.29) is 11.5 Å². The van der Waals surface area contributed by atoms with Crippen LogP contribution in [-0.4, -0.2) is 6.54 Å². The van der Waals surface area contributed by atoms with Gasteiger partial charge in [0.1, 0.15) is 0 Å². The van der Waals surface area contributed by atoms with Crippen LogP contribution in [-0.2, 0) is 0 Å². The molecule has 0 aliphatic rings. The highest BCUT2D eigenvalue weighted by Gasteiger charge is 2.21. The summed E-state index contributed by atoms with van der Waals surface area (Å²) in [6.07, 6.45) is 0.796. The Labute approximate surface area is 107 Å². The highest BCUT2D eigenvalue weighted by Crippen LogP contribution is 2.32. The molecule has 0 saturated heterocycles. The van der Waals surface area contributed by atoms with E-state index in [0.717, 1.165) is 12.0 Å². The smallest absolute Gasteiger partial charge is 0.0468 e. The summed E-state index contributed by atoms with van der Waals surface area (Å²) >= 11 is 11.9. The van der Waals surface area contributed by atoms with Crippen molar-refractivity contribution in [3.05, 3.63) is 33.8 Å². The molecule has 0 radical (unpaired) electrons. The van der Waals surface area contributed by atoms with Gasteiger partial charge in [0.2, 0.25) is 0 Å². The van der Waals surface area contributed by atoms with Crippen molar-refractivity contribution < 1.29 is 0 Å². The van der Waals surface area contributed by atoms with Crippen LogP contribution in [0.3, 0.4) is 0 Å². The van der Waals surface area contributed by atoms with Gasteiger partial charge >= 0.3 is 0 Å². The molecule has 1 rings (SSSR count). The third-order valence-corrected chi connectivity index (χ3v) is 3.25. The normalized spacial score (nSPS) is 13.9. The lowest BCUT2D eigenvalue weighted by Crippen LogP contribution is -2.28. The van der Waals surface area contributed by atoms with Crippen molar-refractivity contribution in [2.24, 2.45) is 16.9 Å². The van der Waals surface area contributed by atoms with Crippen LogP contribution in [0, 0.1) is 5.41 Å². The molecule has 16 heavy (non-hydrogen) atoms. The second kappa shape index (κ2) is 5.37. The Morgan fingerprint density at radius 3 is 2.44 bits per heavy atom. The minimum Gasteiger partial charge on any atom is -0.330 e. The molecule has 1 unspecified atom stereocenters. The Morgan fingerprint density at radius 2 is 1.94 bits per heavy atom. The molecule has 4 heteroatoms. The SMILES string of the molecule is CC(C)(CN)CC(N)c1ccc(Cl)cc1Cl. The Balaban J connectivity index is 2.84. The lowest BCUT2D eigenvalue weighted by Gasteiger charge is -2.26. The first-order valence-electron chi connectivity index (χ1n) is 5.26. The quantitative estimate of drug-likeness (QED) is 0.873. The van der Waals surface area contributed by atoms with Gasteiger partial charge in [-0.3, -0.25) is 0 Å². The molecule has 0 aromatic heterocycles. The van der Waals surface area contributed by atoms with Gasteiger partial charge in [0, 0.05) is 16.1 Å². The van der Waals surface area contributed by atoms with Crippen LogP contribution in [0.25, 0.3) is 0 Å². The van der Waals surface area contributed by atoms with Crippen molar-refractivity contribution in [3.8, 4) is 0 Å². The molecule has 4 N–H and O–H groups in total. The number of rotatable bonds is 4. The number of nitrogens with two attached hydrogens (primary N) is 2. The summed E-state index contributed by atoms with van der Waals surface area (Å²) in [5.74, 6) is 0. The van der Waals surface area contributed by atoms with Crippen molar-refractivity contribution >= 4 is 23.2 Å². The van der Waals surface area contributed by atoms with Crippen molar-refractivity contribution in [2.75, 3.05) is 6.54 Å². The maximum absolute atomic E-state index is 6.12. The van der Waals surface area contributed by atoms with Gasteiger partial charge < -0.3 is 11.5 Å². The molecule has 1 atom stereocenters. The number of halogens is 2. The fraction of sp³-hybridized carbons (Fsp3) is 0.500. The maximum Gasteiger partial charge on any atom is 0.0468 e. The fourth-order valence-corrected chi connectivity index (χ4v) is 2.14. The van der Waals surface area contributed by atoms with E-state index < -0.39 is 0 Å². The van der Waals surface area contributed by atoms with E-state index in [1.54, 1.807) is 12.1 Å². The van der Waals surface area contributed by atoms with Crippen LogP contribution in [0.4, 0.5) is 0 Å². The van der Waals surface area contributed by atoms with Crippen LogP contribution in [0.5, 0.6) is 0 Å². The third-order valence-electron chi connectivity index (χ3n) is 2.69. The molecule has 1 aromatic rings. The average Bonchev–Trinajstić information content (AvgIpc) is 2.16. The van der Waals surface area contributed by atoms with Crippen molar-refractivity contribution in [2.45, 2.75) is 26.3 Å². The van der Waals surface area contributed by atoms with Crippen LogP contribution in [0.1, 0.15) is 31.9 Å². The first-order valence-corrected chi connectivity index (χ1v) is 6.02. The van der Waals surface area contributed by atoms with Crippen LogP contribution in [0.2, 0.25) is 10.0 Å².